The van der Waals surface area contributed by atoms with E-state index in [1.807, 2.05) is 0 Å². The topological polar surface area (TPSA) is 95.9 Å². The van der Waals surface area contributed by atoms with Gasteiger partial charge in [-0.05, 0) is 51.4 Å². The van der Waals surface area contributed by atoms with Crippen LogP contribution in [-0.4, -0.2) is 47.4 Å². The van der Waals surface area contributed by atoms with Crippen LogP contribution >= 0.6 is 0 Å². The highest BCUT2D eigenvalue weighted by Gasteiger charge is 2.20. The predicted octanol–water partition coefficient (Wildman–Crippen LogP) is 13.4. The van der Waals surface area contributed by atoms with Crippen LogP contribution in [0.2, 0.25) is 0 Å². The number of ether oxygens (including phenoxy) is 1. The van der Waals surface area contributed by atoms with Gasteiger partial charge >= 0.3 is 5.97 Å². The van der Waals surface area contributed by atoms with Crippen LogP contribution in [0.3, 0.4) is 0 Å². The lowest BCUT2D eigenvalue weighted by molar-refractivity contribution is -0.143. The van der Waals surface area contributed by atoms with E-state index >= 15 is 0 Å². The largest absolute Gasteiger partial charge is 0.466 e. The Bertz CT molecular complexity index is 787. The summed E-state index contributed by atoms with van der Waals surface area (Å²) in [6.07, 6.45) is 47.4. The Labute approximate surface area is 329 Å². The summed E-state index contributed by atoms with van der Waals surface area (Å²) in [5.74, 6) is -0.106. The normalized spacial score (nSPS) is 12.8. The van der Waals surface area contributed by atoms with Gasteiger partial charge in [0.1, 0.15) is 0 Å². The molecule has 0 aromatic rings. The summed E-state index contributed by atoms with van der Waals surface area (Å²) in [5, 5.41) is 23.1. The van der Waals surface area contributed by atoms with Crippen molar-refractivity contribution in [1.82, 2.24) is 5.32 Å². The molecule has 0 saturated carbocycles. The molecule has 0 aromatic carbocycles. The lowest BCUT2D eigenvalue weighted by atomic mass is 10.0. The molecule has 0 spiro atoms. The predicted molar refractivity (Wildman–Crippen MR) is 227 cm³/mol. The number of aliphatic hydroxyl groups excluding tert-OH is 2. The van der Waals surface area contributed by atoms with Gasteiger partial charge in [-0.25, -0.2) is 0 Å². The second-order valence-corrected chi connectivity index (χ2v) is 16.1. The first kappa shape index (κ1) is 51.6. The summed E-state index contributed by atoms with van der Waals surface area (Å²) in [7, 11) is 0. The second kappa shape index (κ2) is 43.3. The lowest BCUT2D eigenvalue weighted by Gasteiger charge is -2.22. The molecule has 314 valence electrons. The van der Waals surface area contributed by atoms with Crippen molar-refractivity contribution in [3.8, 4) is 0 Å². The Balaban J connectivity index is 3.53. The molecular formula is C47H91NO5. The van der Waals surface area contributed by atoms with Gasteiger partial charge in [-0.1, -0.05) is 199 Å². The lowest BCUT2D eigenvalue weighted by Crippen LogP contribution is -2.45. The Kier molecular flexibility index (Phi) is 42.2. The Morgan fingerprint density at radius 3 is 1.34 bits per heavy atom. The van der Waals surface area contributed by atoms with E-state index in [0.29, 0.717) is 25.9 Å². The van der Waals surface area contributed by atoms with Crippen molar-refractivity contribution >= 4 is 11.9 Å². The van der Waals surface area contributed by atoms with E-state index in [9.17, 15) is 19.8 Å². The van der Waals surface area contributed by atoms with Gasteiger partial charge in [-0.2, -0.15) is 0 Å². The summed E-state index contributed by atoms with van der Waals surface area (Å²) in [6.45, 7) is 4.86. The fraction of sp³-hybridized carbons (Fsp3) is 0.915. The molecule has 0 radical (unpaired) electrons. The number of rotatable bonds is 43. The number of hydrogen-bond donors (Lipinski definition) is 3. The van der Waals surface area contributed by atoms with E-state index < -0.39 is 12.1 Å². The molecule has 0 aliphatic rings. The number of hydrogen-bond acceptors (Lipinski definition) is 5. The Morgan fingerprint density at radius 2 is 0.887 bits per heavy atom. The standard InChI is InChI=1S/C47H91NO5/c1-3-5-7-9-11-13-15-17-19-23-27-31-35-39-45(50)44(43-49)48-46(51)40-36-32-28-24-21-22-26-30-34-38-42-53-47(52)41-37-33-29-25-20-18-16-14-12-10-8-6-4-2/h22,26,44-45,49-50H,3-21,23-25,27-43H2,1-2H3,(H,48,51)/b26-22-. The zero-order valence-corrected chi connectivity index (χ0v) is 35.5. The van der Waals surface area contributed by atoms with Crippen molar-refractivity contribution in [3.05, 3.63) is 12.2 Å². The van der Waals surface area contributed by atoms with Crippen molar-refractivity contribution in [2.75, 3.05) is 13.2 Å². The first-order valence-electron chi connectivity index (χ1n) is 23.4. The number of carbonyl (C=O) groups excluding carboxylic acids is 2. The molecule has 0 aromatic heterocycles. The molecule has 6 heteroatoms. The molecule has 1 amide bonds. The highest BCUT2D eigenvalue weighted by Crippen LogP contribution is 2.16. The molecule has 0 aliphatic heterocycles. The number of nitrogens with one attached hydrogen (secondary N) is 1. The minimum atomic E-state index is -0.683. The maximum Gasteiger partial charge on any atom is 0.305 e. The van der Waals surface area contributed by atoms with Crippen LogP contribution in [0.5, 0.6) is 0 Å². The van der Waals surface area contributed by atoms with E-state index in [1.165, 1.54) is 141 Å². The minimum absolute atomic E-state index is 0.0351. The molecule has 2 atom stereocenters. The van der Waals surface area contributed by atoms with Crippen LogP contribution < -0.4 is 5.32 Å². The smallest absolute Gasteiger partial charge is 0.305 e. The maximum atomic E-state index is 12.4. The number of amides is 1. The molecule has 6 nitrogen and oxygen atoms in total. The summed E-state index contributed by atoms with van der Waals surface area (Å²) < 4.78 is 5.42. The van der Waals surface area contributed by atoms with Gasteiger partial charge in [0.2, 0.25) is 5.91 Å². The van der Waals surface area contributed by atoms with E-state index in [-0.39, 0.29) is 18.5 Å². The van der Waals surface area contributed by atoms with Crippen LogP contribution in [0.1, 0.15) is 251 Å². The number of unbranched alkanes of at least 4 members (excludes halogenated alkanes) is 30. The van der Waals surface area contributed by atoms with Crippen LogP contribution in [0.4, 0.5) is 0 Å². The van der Waals surface area contributed by atoms with E-state index in [4.69, 9.17) is 4.74 Å². The third-order valence-electron chi connectivity index (χ3n) is 10.8. The third kappa shape index (κ3) is 40.1. The average Bonchev–Trinajstić information content (AvgIpc) is 3.16. The fourth-order valence-electron chi connectivity index (χ4n) is 7.16. The first-order chi connectivity index (χ1) is 26.0. The Hall–Kier alpha value is -1.40. The quantitative estimate of drug-likeness (QED) is 0.0328. The molecule has 53 heavy (non-hydrogen) atoms. The zero-order valence-electron chi connectivity index (χ0n) is 35.5. The van der Waals surface area contributed by atoms with Crippen LogP contribution in [0.25, 0.3) is 0 Å². The highest BCUT2D eigenvalue weighted by atomic mass is 16.5. The number of aliphatic hydroxyl groups is 2. The molecule has 0 bridgehead atoms. The third-order valence-corrected chi connectivity index (χ3v) is 10.8. The van der Waals surface area contributed by atoms with Gasteiger partial charge in [-0.15, -0.1) is 0 Å². The van der Waals surface area contributed by atoms with Gasteiger partial charge in [0, 0.05) is 12.8 Å². The summed E-state index contributed by atoms with van der Waals surface area (Å²) in [5.41, 5.74) is 0. The van der Waals surface area contributed by atoms with Gasteiger partial charge < -0.3 is 20.3 Å². The highest BCUT2D eigenvalue weighted by molar-refractivity contribution is 5.76. The molecule has 0 aliphatic carbocycles. The van der Waals surface area contributed by atoms with Crippen LogP contribution in [0, 0.1) is 0 Å². The second-order valence-electron chi connectivity index (χ2n) is 16.1. The summed E-state index contributed by atoms with van der Waals surface area (Å²) in [4.78, 5) is 24.4. The zero-order chi connectivity index (χ0) is 38.7. The SMILES string of the molecule is CCCCCCCCCCCCCCCC(=O)OCCCC/C=C\CCCCCCC(=O)NC(CO)C(O)CCCCCCCCCCCCCCC. The molecular weight excluding hydrogens is 659 g/mol. The number of allylic oxidation sites excluding steroid dienone is 2. The first-order valence-corrected chi connectivity index (χ1v) is 23.4. The van der Waals surface area contributed by atoms with Crippen molar-refractivity contribution < 1.29 is 24.5 Å². The van der Waals surface area contributed by atoms with Crippen molar-refractivity contribution in [3.63, 3.8) is 0 Å². The van der Waals surface area contributed by atoms with Crippen molar-refractivity contribution in [2.45, 2.75) is 264 Å². The van der Waals surface area contributed by atoms with E-state index in [1.54, 1.807) is 0 Å². The van der Waals surface area contributed by atoms with Gasteiger partial charge in [0.05, 0.1) is 25.4 Å². The molecule has 0 saturated heterocycles. The van der Waals surface area contributed by atoms with Gasteiger partial charge in [0.25, 0.3) is 0 Å². The van der Waals surface area contributed by atoms with E-state index in [2.05, 4.69) is 31.3 Å². The number of carbonyl (C=O) groups is 2. The number of esters is 1. The summed E-state index contributed by atoms with van der Waals surface area (Å²) >= 11 is 0. The van der Waals surface area contributed by atoms with Crippen molar-refractivity contribution in [1.29, 1.82) is 0 Å². The Morgan fingerprint density at radius 1 is 0.509 bits per heavy atom. The summed E-state index contributed by atoms with van der Waals surface area (Å²) in [6, 6.07) is -0.564. The molecule has 3 N–H and O–H groups in total. The monoisotopic (exact) mass is 750 g/mol. The van der Waals surface area contributed by atoms with Gasteiger partial charge in [-0.3, -0.25) is 9.59 Å². The molecule has 0 heterocycles. The minimum Gasteiger partial charge on any atom is -0.466 e. The average molecular weight is 750 g/mol. The van der Waals surface area contributed by atoms with Crippen LogP contribution in [0.15, 0.2) is 12.2 Å². The fourth-order valence-corrected chi connectivity index (χ4v) is 7.16. The van der Waals surface area contributed by atoms with Crippen molar-refractivity contribution in [2.24, 2.45) is 0 Å². The van der Waals surface area contributed by atoms with E-state index in [0.717, 1.165) is 77.0 Å². The van der Waals surface area contributed by atoms with Crippen LogP contribution in [-0.2, 0) is 14.3 Å². The molecule has 2 unspecified atom stereocenters. The molecule has 0 fully saturated rings. The van der Waals surface area contributed by atoms with Gasteiger partial charge in [0.15, 0.2) is 0 Å². The molecule has 0 rings (SSSR count). The maximum absolute atomic E-state index is 12.4.